The fourth-order valence-corrected chi connectivity index (χ4v) is 5.26. The van der Waals surface area contributed by atoms with Gasteiger partial charge in [0.2, 0.25) is 0 Å². The molecule has 0 saturated heterocycles. The van der Waals surface area contributed by atoms with E-state index >= 15 is 0 Å². The maximum Gasteiger partial charge on any atom is 0.0595 e. The molecule has 2 aromatic carbocycles. The summed E-state index contributed by atoms with van der Waals surface area (Å²) >= 11 is 23.2. The molecule has 0 fully saturated rings. The number of benzene rings is 2. The summed E-state index contributed by atoms with van der Waals surface area (Å²) in [6.07, 6.45) is 0.864. The molecule has 0 nitrogen and oxygen atoms in total. The lowest BCUT2D eigenvalue weighted by molar-refractivity contribution is 0.548. The normalized spacial score (nSPS) is 11.7. The third-order valence-corrected chi connectivity index (χ3v) is 7.06. The van der Waals surface area contributed by atoms with Crippen LogP contribution in [-0.2, 0) is 11.8 Å². The van der Waals surface area contributed by atoms with E-state index in [9.17, 15) is 0 Å². The third-order valence-electron chi connectivity index (χ3n) is 3.48. The SMILES string of the molecule is Clc1ccc(CC(CBr)(CBr)c2ccccc2Br)cc1Cl. The van der Waals surface area contributed by atoms with Gasteiger partial charge >= 0.3 is 0 Å². The largest absolute Gasteiger partial charge is 0.0918 e. The summed E-state index contributed by atoms with van der Waals surface area (Å²) in [4.78, 5) is 0. The molecule has 0 aliphatic heterocycles. The Kier molecular flexibility index (Phi) is 6.64. The lowest BCUT2D eigenvalue weighted by Crippen LogP contribution is -2.33. The monoisotopic (exact) mass is 512 g/mol. The van der Waals surface area contributed by atoms with Crippen LogP contribution in [0.2, 0.25) is 10.0 Å². The van der Waals surface area contributed by atoms with Crippen molar-refractivity contribution in [2.75, 3.05) is 10.7 Å². The van der Waals surface area contributed by atoms with E-state index in [-0.39, 0.29) is 5.41 Å². The molecule has 0 amide bonds. The lowest BCUT2D eigenvalue weighted by atomic mass is 9.79. The molecule has 0 heterocycles. The quantitative estimate of drug-likeness (QED) is 0.375. The van der Waals surface area contributed by atoms with Gasteiger partial charge in [-0.2, -0.15) is 0 Å². The summed E-state index contributed by atoms with van der Waals surface area (Å²) in [7, 11) is 0. The maximum absolute atomic E-state index is 6.14. The van der Waals surface area contributed by atoms with E-state index in [2.05, 4.69) is 66.0 Å². The fourth-order valence-electron chi connectivity index (χ4n) is 2.30. The van der Waals surface area contributed by atoms with E-state index < -0.39 is 0 Å². The Hall–Kier alpha value is 0.460. The molecule has 0 aliphatic carbocycles. The van der Waals surface area contributed by atoms with Gasteiger partial charge in [0, 0.05) is 20.5 Å². The molecule has 0 radical (unpaired) electrons. The second-order valence-electron chi connectivity index (χ2n) is 4.95. The third kappa shape index (κ3) is 4.06. The molecule has 112 valence electrons. The summed E-state index contributed by atoms with van der Waals surface area (Å²) in [5.74, 6) is 0. The molecule has 0 saturated carbocycles. The van der Waals surface area contributed by atoms with Crippen LogP contribution in [0.5, 0.6) is 0 Å². The van der Waals surface area contributed by atoms with Crippen molar-refractivity contribution < 1.29 is 0 Å². The topological polar surface area (TPSA) is 0 Å². The standard InChI is InChI=1S/C16H13Br3Cl2/c17-9-16(10-18,12-3-1-2-4-13(12)19)8-11-5-6-14(20)15(21)7-11/h1-7H,8-10H2. The highest BCUT2D eigenvalue weighted by atomic mass is 79.9. The van der Waals surface area contributed by atoms with Crippen LogP contribution in [-0.4, -0.2) is 10.7 Å². The van der Waals surface area contributed by atoms with E-state index in [1.54, 1.807) is 0 Å². The van der Waals surface area contributed by atoms with Crippen molar-refractivity contribution in [1.29, 1.82) is 0 Å². The number of rotatable bonds is 5. The van der Waals surface area contributed by atoms with Gasteiger partial charge in [-0.05, 0) is 35.7 Å². The van der Waals surface area contributed by atoms with Crippen LogP contribution in [0.1, 0.15) is 11.1 Å². The average molecular weight is 516 g/mol. The van der Waals surface area contributed by atoms with Gasteiger partial charge in [-0.15, -0.1) is 0 Å². The summed E-state index contributed by atoms with van der Waals surface area (Å²) < 4.78 is 1.11. The minimum absolute atomic E-state index is 0.0583. The van der Waals surface area contributed by atoms with Crippen molar-refractivity contribution in [2.24, 2.45) is 0 Å². The summed E-state index contributed by atoms with van der Waals surface area (Å²) in [6, 6.07) is 14.2. The Balaban J connectivity index is 2.43. The predicted molar refractivity (Wildman–Crippen MR) is 104 cm³/mol. The first-order chi connectivity index (χ1) is 10.0. The first-order valence-corrected chi connectivity index (χ1v) is 10.1. The molecule has 0 N–H and O–H groups in total. The fraction of sp³-hybridized carbons (Fsp3) is 0.250. The molecule has 0 atom stereocenters. The lowest BCUT2D eigenvalue weighted by Gasteiger charge is -2.32. The van der Waals surface area contributed by atoms with E-state index in [0.29, 0.717) is 10.0 Å². The number of alkyl halides is 2. The summed E-state index contributed by atoms with van der Waals surface area (Å²) in [5.41, 5.74) is 2.38. The molecular formula is C16H13Br3Cl2. The van der Waals surface area contributed by atoms with Crippen LogP contribution >= 0.6 is 71.0 Å². The van der Waals surface area contributed by atoms with Crippen LogP contribution in [0.4, 0.5) is 0 Å². The second-order valence-corrected chi connectivity index (χ2v) is 7.74. The van der Waals surface area contributed by atoms with Crippen molar-refractivity contribution in [3.05, 3.63) is 68.1 Å². The van der Waals surface area contributed by atoms with Crippen LogP contribution in [0, 0.1) is 0 Å². The first kappa shape index (κ1) is 17.8. The number of halogens is 5. The molecule has 21 heavy (non-hydrogen) atoms. The minimum Gasteiger partial charge on any atom is -0.0918 e. The molecule has 0 bridgehead atoms. The molecule has 0 aromatic heterocycles. The van der Waals surface area contributed by atoms with Crippen molar-refractivity contribution in [3.8, 4) is 0 Å². The smallest absolute Gasteiger partial charge is 0.0595 e. The van der Waals surface area contributed by atoms with E-state index in [0.717, 1.165) is 21.6 Å². The highest BCUT2D eigenvalue weighted by molar-refractivity contribution is 9.10. The Morgan fingerprint density at radius 3 is 2.14 bits per heavy atom. The second kappa shape index (κ2) is 7.83. The van der Waals surface area contributed by atoms with Gasteiger partial charge < -0.3 is 0 Å². The number of hydrogen-bond donors (Lipinski definition) is 0. The highest BCUT2D eigenvalue weighted by Gasteiger charge is 2.32. The predicted octanol–water partition coefficient (Wildman–Crippen LogP) is 7.03. The van der Waals surface area contributed by atoms with Gasteiger partial charge in [0.25, 0.3) is 0 Å². The molecule has 0 aliphatic rings. The van der Waals surface area contributed by atoms with Gasteiger partial charge in [0.05, 0.1) is 10.0 Å². The zero-order valence-corrected chi connectivity index (χ0v) is 17.3. The van der Waals surface area contributed by atoms with Gasteiger partial charge in [0.15, 0.2) is 0 Å². The van der Waals surface area contributed by atoms with Crippen LogP contribution in [0.3, 0.4) is 0 Å². The Labute approximate surface area is 160 Å². The van der Waals surface area contributed by atoms with E-state index in [1.165, 1.54) is 11.1 Å². The van der Waals surface area contributed by atoms with Gasteiger partial charge in [-0.25, -0.2) is 0 Å². The van der Waals surface area contributed by atoms with Crippen molar-refractivity contribution in [1.82, 2.24) is 0 Å². The zero-order chi connectivity index (χ0) is 15.5. The van der Waals surface area contributed by atoms with Crippen LogP contribution in [0.25, 0.3) is 0 Å². The highest BCUT2D eigenvalue weighted by Crippen LogP contribution is 2.37. The summed E-state index contributed by atoms with van der Waals surface area (Å²) in [6.45, 7) is 0. The minimum atomic E-state index is -0.0583. The molecule has 0 unspecified atom stereocenters. The van der Waals surface area contributed by atoms with E-state index in [1.807, 2.05) is 24.3 Å². The van der Waals surface area contributed by atoms with Crippen molar-refractivity contribution in [2.45, 2.75) is 11.8 Å². The molecule has 2 aromatic rings. The first-order valence-electron chi connectivity index (χ1n) is 6.33. The maximum atomic E-state index is 6.14. The molecule has 2 rings (SSSR count). The van der Waals surface area contributed by atoms with Crippen LogP contribution < -0.4 is 0 Å². The van der Waals surface area contributed by atoms with Gasteiger partial charge in [-0.3, -0.25) is 0 Å². The Bertz CT molecular complexity index is 625. The zero-order valence-electron chi connectivity index (χ0n) is 11.1. The number of hydrogen-bond acceptors (Lipinski definition) is 0. The average Bonchev–Trinajstić information content (AvgIpc) is 2.49. The Morgan fingerprint density at radius 2 is 1.57 bits per heavy atom. The molecular weight excluding hydrogens is 503 g/mol. The Morgan fingerprint density at radius 1 is 0.905 bits per heavy atom. The van der Waals surface area contributed by atoms with Gasteiger partial charge in [0.1, 0.15) is 0 Å². The van der Waals surface area contributed by atoms with Crippen LogP contribution in [0.15, 0.2) is 46.9 Å². The van der Waals surface area contributed by atoms with Crippen molar-refractivity contribution >= 4 is 71.0 Å². The van der Waals surface area contributed by atoms with Gasteiger partial charge in [-0.1, -0.05) is 95.3 Å². The summed E-state index contributed by atoms with van der Waals surface area (Å²) in [5, 5.41) is 2.87. The molecule has 0 spiro atoms. The van der Waals surface area contributed by atoms with E-state index in [4.69, 9.17) is 23.2 Å². The molecule has 5 heteroatoms. The van der Waals surface area contributed by atoms with Crippen molar-refractivity contribution in [3.63, 3.8) is 0 Å².